The summed E-state index contributed by atoms with van der Waals surface area (Å²) in [5.74, 6) is 0.457. The van der Waals surface area contributed by atoms with Gasteiger partial charge in [0.15, 0.2) is 0 Å². The van der Waals surface area contributed by atoms with E-state index in [0.717, 1.165) is 11.1 Å². The third kappa shape index (κ3) is 3.63. The highest BCUT2D eigenvalue weighted by molar-refractivity contribution is 5.69. The van der Waals surface area contributed by atoms with Crippen molar-refractivity contribution in [1.29, 1.82) is 0 Å². The molecule has 0 unspecified atom stereocenters. The van der Waals surface area contributed by atoms with Crippen LogP contribution in [-0.2, 0) is 21.6 Å². The smallest absolute Gasteiger partial charge is 0.304 e. The van der Waals surface area contributed by atoms with Crippen LogP contribution in [-0.4, -0.2) is 32.4 Å². The quantitative estimate of drug-likeness (QED) is 0.832. The van der Waals surface area contributed by atoms with Crippen LogP contribution in [0.1, 0.15) is 31.4 Å². The molecule has 1 N–H and O–H groups in total. The second-order valence-corrected chi connectivity index (χ2v) is 5.25. The predicted molar refractivity (Wildman–Crippen MR) is 75.5 cm³/mol. The third-order valence-corrected chi connectivity index (χ3v) is 3.20. The first-order valence-electron chi connectivity index (χ1n) is 6.31. The zero-order chi connectivity index (χ0) is 15.3. The fourth-order valence-corrected chi connectivity index (χ4v) is 2.26. The van der Waals surface area contributed by atoms with E-state index in [0.29, 0.717) is 18.1 Å². The van der Waals surface area contributed by atoms with E-state index in [1.807, 2.05) is 26.0 Å². The number of hydrogen-bond donors (Lipinski definition) is 1. The second-order valence-electron chi connectivity index (χ2n) is 5.25. The van der Waals surface area contributed by atoms with Crippen LogP contribution in [0.5, 0.6) is 11.5 Å². The first-order chi connectivity index (χ1) is 9.35. The molecular weight excluding hydrogens is 260 g/mol. The van der Waals surface area contributed by atoms with Gasteiger partial charge in [0.2, 0.25) is 0 Å². The fraction of sp³-hybridized carbons (Fsp3) is 0.533. The molecule has 0 saturated heterocycles. The Kier molecular flexibility index (Phi) is 5.39. The Bertz CT molecular complexity index is 479. The average Bonchev–Trinajstić information content (AvgIpc) is 2.36. The van der Waals surface area contributed by atoms with Gasteiger partial charge in [0.25, 0.3) is 0 Å². The van der Waals surface area contributed by atoms with Crippen LogP contribution in [0.25, 0.3) is 0 Å². The van der Waals surface area contributed by atoms with Crippen molar-refractivity contribution in [2.45, 2.75) is 32.3 Å². The first-order valence-corrected chi connectivity index (χ1v) is 6.31. The van der Waals surface area contributed by atoms with E-state index in [9.17, 15) is 4.79 Å². The molecule has 1 aromatic carbocycles. The molecule has 0 saturated carbocycles. The van der Waals surface area contributed by atoms with Crippen LogP contribution < -0.4 is 9.47 Å². The number of ether oxygens (including phenoxy) is 3. The van der Waals surface area contributed by atoms with Gasteiger partial charge >= 0.3 is 5.97 Å². The molecule has 5 heteroatoms. The number of rotatable bonds is 7. The Morgan fingerprint density at radius 3 is 2.30 bits per heavy atom. The highest BCUT2D eigenvalue weighted by Crippen LogP contribution is 2.39. The lowest BCUT2D eigenvalue weighted by Gasteiger charge is -2.27. The summed E-state index contributed by atoms with van der Waals surface area (Å²) in [6.45, 7) is 4.11. The molecule has 0 aliphatic heterocycles. The highest BCUT2D eigenvalue weighted by atomic mass is 16.5. The molecule has 112 valence electrons. The standard InChI is InChI=1S/C15H22O5/c1-15(2,8-13(16)17)12-7-11(19-4)6-10(9-18-3)14(12)20-5/h6-7H,8-9H2,1-5H3,(H,16,17). The topological polar surface area (TPSA) is 65.0 Å². The van der Waals surface area contributed by atoms with Gasteiger partial charge in [0.1, 0.15) is 11.5 Å². The normalized spacial score (nSPS) is 11.2. The zero-order valence-electron chi connectivity index (χ0n) is 12.6. The van der Waals surface area contributed by atoms with E-state index in [-0.39, 0.29) is 6.42 Å². The van der Waals surface area contributed by atoms with Crippen molar-refractivity contribution >= 4 is 5.97 Å². The summed E-state index contributed by atoms with van der Waals surface area (Å²) in [6, 6.07) is 3.66. The predicted octanol–water partition coefficient (Wildman–Crippen LogP) is 2.60. The molecule has 0 aromatic heterocycles. The first kappa shape index (κ1) is 16.3. The second kappa shape index (κ2) is 6.61. The van der Waals surface area contributed by atoms with Crippen molar-refractivity contribution < 1.29 is 24.1 Å². The van der Waals surface area contributed by atoms with E-state index >= 15 is 0 Å². The van der Waals surface area contributed by atoms with Gasteiger partial charge in [0.05, 0.1) is 27.2 Å². The maximum Gasteiger partial charge on any atom is 0.304 e. The van der Waals surface area contributed by atoms with Crippen LogP contribution in [0, 0.1) is 0 Å². The van der Waals surface area contributed by atoms with Gasteiger partial charge in [-0.05, 0) is 12.1 Å². The molecule has 0 radical (unpaired) electrons. The van der Waals surface area contributed by atoms with E-state index in [2.05, 4.69) is 0 Å². The Hall–Kier alpha value is -1.75. The van der Waals surface area contributed by atoms with Gasteiger partial charge in [0, 0.05) is 23.7 Å². The van der Waals surface area contributed by atoms with Crippen LogP contribution in [0.4, 0.5) is 0 Å². The molecule has 5 nitrogen and oxygen atoms in total. The molecular formula is C15H22O5. The Labute approximate surface area is 119 Å². The van der Waals surface area contributed by atoms with Gasteiger partial charge in [-0.1, -0.05) is 13.8 Å². The lowest BCUT2D eigenvalue weighted by atomic mass is 9.80. The summed E-state index contributed by atoms with van der Waals surface area (Å²) >= 11 is 0. The number of hydrogen-bond acceptors (Lipinski definition) is 4. The van der Waals surface area contributed by atoms with Gasteiger partial charge in [-0.25, -0.2) is 0 Å². The molecule has 1 rings (SSSR count). The average molecular weight is 282 g/mol. The summed E-state index contributed by atoms with van der Waals surface area (Å²) in [5.41, 5.74) is 1.06. The van der Waals surface area contributed by atoms with Crippen molar-refractivity contribution in [3.05, 3.63) is 23.3 Å². The minimum atomic E-state index is -0.854. The molecule has 0 fully saturated rings. The molecule has 1 aromatic rings. The van der Waals surface area contributed by atoms with E-state index < -0.39 is 11.4 Å². The van der Waals surface area contributed by atoms with Gasteiger partial charge in [-0.2, -0.15) is 0 Å². The zero-order valence-corrected chi connectivity index (χ0v) is 12.6. The number of carboxylic acids is 1. The molecule has 0 amide bonds. The molecule has 0 aliphatic rings. The number of aliphatic carboxylic acids is 1. The Morgan fingerprint density at radius 2 is 1.85 bits per heavy atom. The Balaban J connectivity index is 3.41. The number of methoxy groups -OCH3 is 3. The van der Waals surface area contributed by atoms with Crippen molar-refractivity contribution in [2.75, 3.05) is 21.3 Å². The minimum Gasteiger partial charge on any atom is -0.497 e. The Morgan fingerprint density at radius 1 is 1.20 bits per heavy atom. The SMILES string of the molecule is COCc1cc(OC)cc(C(C)(C)CC(=O)O)c1OC. The monoisotopic (exact) mass is 282 g/mol. The number of carboxylic acid groups (broad SMARTS) is 1. The van der Waals surface area contributed by atoms with Crippen LogP contribution in [0.3, 0.4) is 0 Å². The lowest BCUT2D eigenvalue weighted by molar-refractivity contribution is -0.138. The van der Waals surface area contributed by atoms with Crippen molar-refractivity contribution in [2.24, 2.45) is 0 Å². The maximum absolute atomic E-state index is 11.1. The molecule has 0 aliphatic carbocycles. The van der Waals surface area contributed by atoms with Crippen LogP contribution in [0.2, 0.25) is 0 Å². The number of carbonyl (C=O) groups is 1. The molecule has 20 heavy (non-hydrogen) atoms. The highest BCUT2D eigenvalue weighted by Gasteiger charge is 2.29. The largest absolute Gasteiger partial charge is 0.497 e. The minimum absolute atomic E-state index is 0.00293. The third-order valence-electron chi connectivity index (χ3n) is 3.20. The summed E-state index contributed by atoms with van der Waals surface area (Å²) < 4.78 is 15.9. The van der Waals surface area contributed by atoms with Crippen LogP contribution >= 0.6 is 0 Å². The number of benzene rings is 1. The summed E-state index contributed by atoms with van der Waals surface area (Å²) in [6.07, 6.45) is 0.00293. The summed E-state index contributed by atoms with van der Waals surface area (Å²) in [7, 11) is 4.74. The van der Waals surface area contributed by atoms with Gasteiger partial charge in [-0.15, -0.1) is 0 Å². The van der Waals surface area contributed by atoms with Crippen LogP contribution in [0.15, 0.2) is 12.1 Å². The van der Waals surface area contributed by atoms with E-state index in [4.69, 9.17) is 19.3 Å². The van der Waals surface area contributed by atoms with Gasteiger partial charge < -0.3 is 19.3 Å². The van der Waals surface area contributed by atoms with Gasteiger partial charge in [-0.3, -0.25) is 4.79 Å². The van der Waals surface area contributed by atoms with Crippen molar-refractivity contribution in [3.8, 4) is 11.5 Å². The molecule has 0 spiro atoms. The van der Waals surface area contributed by atoms with E-state index in [1.54, 1.807) is 21.3 Å². The molecule has 0 heterocycles. The summed E-state index contributed by atoms with van der Waals surface area (Å²) in [4.78, 5) is 11.1. The summed E-state index contributed by atoms with van der Waals surface area (Å²) in [5, 5.41) is 9.08. The maximum atomic E-state index is 11.1. The van der Waals surface area contributed by atoms with E-state index in [1.165, 1.54) is 0 Å². The molecule has 0 atom stereocenters. The fourth-order valence-electron chi connectivity index (χ4n) is 2.26. The lowest BCUT2D eigenvalue weighted by Crippen LogP contribution is -2.23. The van der Waals surface area contributed by atoms with Crippen molar-refractivity contribution in [1.82, 2.24) is 0 Å². The van der Waals surface area contributed by atoms with Crippen molar-refractivity contribution in [3.63, 3.8) is 0 Å². The molecule has 0 bridgehead atoms.